The van der Waals surface area contributed by atoms with E-state index in [1.54, 1.807) is 19.1 Å². The van der Waals surface area contributed by atoms with Gasteiger partial charge in [-0.15, -0.1) is 0 Å². The van der Waals surface area contributed by atoms with Crippen molar-refractivity contribution in [3.63, 3.8) is 0 Å². The third kappa shape index (κ3) is 6.06. The number of sulfonamides is 1. The van der Waals surface area contributed by atoms with E-state index in [2.05, 4.69) is 24.1 Å². The molecule has 0 bridgehead atoms. The standard InChI is InChI=1S/C22H29N3O4S2/c1-4-16(2)18-5-7-19(8-6-18)24-22(26)17(3)30-21-10-9-20(15-23-21)31(27,28)25-11-13-29-14-12-25/h5-10,15-17H,4,11-14H2,1-3H3,(H,24,26). The molecule has 31 heavy (non-hydrogen) atoms. The second-order valence-electron chi connectivity index (χ2n) is 7.53. The number of nitrogens with one attached hydrogen (secondary N) is 1. The molecule has 0 radical (unpaired) electrons. The van der Waals surface area contributed by atoms with Gasteiger partial charge in [-0.1, -0.05) is 37.7 Å². The Bertz CT molecular complexity index is 973. The summed E-state index contributed by atoms with van der Waals surface area (Å²) in [4.78, 5) is 17.0. The third-order valence-corrected chi connectivity index (χ3v) is 8.28. The van der Waals surface area contributed by atoms with Gasteiger partial charge in [-0.3, -0.25) is 4.79 Å². The molecule has 7 nitrogen and oxygen atoms in total. The van der Waals surface area contributed by atoms with Gasteiger partial charge in [0.2, 0.25) is 15.9 Å². The van der Waals surface area contributed by atoms with Crippen LogP contribution in [0.15, 0.2) is 52.5 Å². The van der Waals surface area contributed by atoms with Gasteiger partial charge in [-0.2, -0.15) is 4.31 Å². The lowest BCUT2D eigenvalue weighted by atomic mass is 9.99. The van der Waals surface area contributed by atoms with Gasteiger partial charge < -0.3 is 10.1 Å². The van der Waals surface area contributed by atoms with E-state index in [9.17, 15) is 13.2 Å². The molecule has 1 aliphatic rings. The molecule has 1 N–H and O–H groups in total. The van der Waals surface area contributed by atoms with Gasteiger partial charge >= 0.3 is 0 Å². The summed E-state index contributed by atoms with van der Waals surface area (Å²) in [5, 5.41) is 3.13. The van der Waals surface area contributed by atoms with Crippen LogP contribution in [-0.2, 0) is 19.6 Å². The number of rotatable bonds is 8. The Hall–Kier alpha value is -1.94. The van der Waals surface area contributed by atoms with Gasteiger partial charge in [0.05, 0.1) is 23.5 Å². The van der Waals surface area contributed by atoms with Crippen molar-refractivity contribution in [2.75, 3.05) is 31.6 Å². The molecule has 1 aromatic carbocycles. The summed E-state index contributed by atoms with van der Waals surface area (Å²) >= 11 is 1.29. The maximum absolute atomic E-state index is 12.7. The summed E-state index contributed by atoms with van der Waals surface area (Å²) in [7, 11) is -3.57. The highest BCUT2D eigenvalue weighted by Gasteiger charge is 2.26. The summed E-state index contributed by atoms with van der Waals surface area (Å²) in [5.41, 5.74) is 2.00. The Morgan fingerprint density at radius 1 is 1.16 bits per heavy atom. The predicted molar refractivity (Wildman–Crippen MR) is 123 cm³/mol. The number of aromatic nitrogens is 1. The van der Waals surface area contributed by atoms with Gasteiger partial charge in [0.1, 0.15) is 4.90 Å². The second-order valence-corrected chi connectivity index (χ2v) is 10.8. The highest BCUT2D eigenvalue weighted by molar-refractivity contribution is 8.00. The van der Waals surface area contributed by atoms with Gasteiger partial charge in [-0.05, 0) is 49.1 Å². The zero-order chi connectivity index (χ0) is 22.4. The molecule has 1 fully saturated rings. The number of amides is 1. The molecular weight excluding hydrogens is 434 g/mol. The average molecular weight is 464 g/mol. The number of nitrogens with zero attached hydrogens (tertiary/aromatic N) is 2. The Labute approximate surface area is 188 Å². The number of carbonyl (C=O) groups is 1. The van der Waals surface area contributed by atoms with Crippen LogP contribution < -0.4 is 5.32 Å². The van der Waals surface area contributed by atoms with E-state index in [-0.39, 0.29) is 16.1 Å². The molecule has 2 heterocycles. The molecule has 2 unspecified atom stereocenters. The fraction of sp³-hybridized carbons (Fsp3) is 0.455. The first kappa shape index (κ1) is 23.7. The Balaban J connectivity index is 1.58. The molecule has 0 spiro atoms. The lowest BCUT2D eigenvalue weighted by Gasteiger charge is -2.25. The Morgan fingerprint density at radius 2 is 1.84 bits per heavy atom. The second kappa shape index (κ2) is 10.6. The smallest absolute Gasteiger partial charge is 0.244 e. The number of morpholine rings is 1. The summed E-state index contributed by atoms with van der Waals surface area (Å²) < 4.78 is 32.0. The third-order valence-electron chi connectivity index (χ3n) is 5.34. The molecule has 1 aliphatic heterocycles. The molecule has 0 saturated carbocycles. The monoisotopic (exact) mass is 463 g/mol. The molecule has 2 aromatic rings. The SMILES string of the molecule is CCC(C)c1ccc(NC(=O)C(C)Sc2ccc(S(=O)(=O)N3CCOCC3)cn2)cc1. The van der Waals surface area contributed by atoms with Crippen LogP contribution in [0.2, 0.25) is 0 Å². The van der Waals surface area contributed by atoms with Crippen LogP contribution in [-0.4, -0.2) is 55.2 Å². The van der Waals surface area contributed by atoms with Gasteiger partial charge in [-0.25, -0.2) is 13.4 Å². The first-order valence-electron chi connectivity index (χ1n) is 10.4. The van der Waals surface area contributed by atoms with Crippen molar-refractivity contribution in [1.29, 1.82) is 0 Å². The first-order chi connectivity index (χ1) is 14.8. The highest BCUT2D eigenvalue weighted by atomic mass is 32.2. The Kier molecular flexibility index (Phi) is 8.10. The van der Waals surface area contributed by atoms with E-state index < -0.39 is 10.0 Å². The fourth-order valence-electron chi connectivity index (χ4n) is 3.13. The molecule has 3 rings (SSSR count). The Morgan fingerprint density at radius 3 is 2.42 bits per heavy atom. The maximum atomic E-state index is 12.7. The molecule has 0 aliphatic carbocycles. The number of pyridine rings is 1. The quantitative estimate of drug-likeness (QED) is 0.600. The van der Waals surface area contributed by atoms with E-state index in [1.165, 1.54) is 27.8 Å². The lowest BCUT2D eigenvalue weighted by molar-refractivity contribution is -0.115. The zero-order valence-corrected chi connectivity index (χ0v) is 19.7. The van der Waals surface area contributed by atoms with Gasteiger partial charge in [0.15, 0.2) is 0 Å². The van der Waals surface area contributed by atoms with E-state index in [4.69, 9.17) is 4.74 Å². The minimum Gasteiger partial charge on any atom is -0.379 e. The molecular formula is C22H29N3O4S2. The number of ether oxygens (including phenoxy) is 1. The van der Waals surface area contributed by atoms with E-state index in [0.29, 0.717) is 37.2 Å². The first-order valence-corrected chi connectivity index (χ1v) is 12.7. The molecule has 9 heteroatoms. The number of hydrogen-bond acceptors (Lipinski definition) is 6. The predicted octanol–water partition coefficient (Wildman–Crippen LogP) is 3.74. The van der Waals surface area contributed by atoms with Crippen LogP contribution >= 0.6 is 11.8 Å². The average Bonchev–Trinajstić information content (AvgIpc) is 2.80. The number of hydrogen-bond donors (Lipinski definition) is 1. The van der Waals surface area contributed by atoms with Gasteiger partial charge in [0.25, 0.3) is 0 Å². The topological polar surface area (TPSA) is 88.6 Å². The largest absolute Gasteiger partial charge is 0.379 e. The minimum atomic E-state index is -3.57. The lowest BCUT2D eigenvalue weighted by Crippen LogP contribution is -2.40. The van der Waals surface area contributed by atoms with Crippen LogP contribution in [0.5, 0.6) is 0 Å². The normalized spacial score (nSPS) is 17.1. The molecule has 1 amide bonds. The number of carbonyl (C=O) groups excluding carboxylic acids is 1. The van der Waals surface area contributed by atoms with Crippen molar-refractivity contribution in [1.82, 2.24) is 9.29 Å². The van der Waals surface area contributed by atoms with Crippen LogP contribution in [0.3, 0.4) is 0 Å². The van der Waals surface area contributed by atoms with Crippen molar-refractivity contribution in [3.8, 4) is 0 Å². The highest BCUT2D eigenvalue weighted by Crippen LogP contribution is 2.25. The van der Waals surface area contributed by atoms with Crippen LogP contribution in [0.25, 0.3) is 0 Å². The maximum Gasteiger partial charge on any atom is 0.244 e. The van der Waals surface area contributed by atoms with E-state index in [1.807, 2.05) is 24.3 Å². The van der Waals surface area contributed by atoms with Crippen molar-refractivity contribution >= 4 is 33.4 Å². The fourth-order valence-corrected chi connectivity index (χ4v) is 5.28. The van der Waals surface area contributed by atoms with Crippen LogP contribution in [0, 0.1) is 0 Å². The summed E-state index contributed by atoms with van der Waals surface area (Å²) in [6.07, 6.45) is 2.42. The van der Waals surface area contributed by atoms with Crippen molar-refractivity contribution in [2.24, 2.45) is 0 Å². The summed E-state index contributed by atoms with van der Waals surface area (Å²) in [6, 6.07) is 11.1. The molecule has 168 valence electrons. The van der Waals surface area contributed by atoms with Crippen molar-refractivity contribution in [2.45, 2.75) is 48.3 Å². The molecule has 1 aromatic heterocycles. The van der Waals surface area contributed by atoms with Crippen LogP contribution in [0.1, 0.15) is 38.7 Å². The van der Waals surface area contributed by atoms with E-state index >= 15 is 0 Å². The minimum absolute atomic E-state index is 0.131. The molecule has 1 saturated heterocycles. The number of benzene rings is 1. The summed E-state index contributed by atoms with van der Waals surface area (Å²) in [6.45, 7) is 7.60. The van der Waals surface area contributed by atoms with Gasteiger partial charge in [0, 0.05) is 25.0 Å². The number of anilines is 1. The van der Waals surface area contributed by atoms with Crippen molar-refractivity contribution in [3.05, 3.63) is 48.2 Å². The number of thioether (sulfide) groups is 1. The zero-order valence-electron chi connectivity index (χ0n) is 18.1. The summed E-state index contributed by atoms with van der Waals surface area (Å²) in [5.74, 6) is 0.355. The van der Waals surface area contributed by atoms with Crippen LogP contribution in [0.4, 0.5) is 5.69 Å². The molecule has 2 atom stereocenters. The van der Waals surface area contributed by atoms with Crippen molar-refractivity contribution < 1.29 is 17.9 Å². The van der Waals surface area contributed by atoms with E-state index in [0.717, 1.165) is 12.1 Å².